The minimum absolute atomic E-state index is 0.00281. The van der Waals surface area contributed by atoms with E-state index in [-0.39, 0.29) is 5.92 Å². The molecule has 21 heavy (non-hydrogen) atoms. The van der Waals surface area contributed by atoms with E-state index in [0.717, 1.165) is 12.1 Å². The fourth-order valence-electron chi connectivity index (χ4n) is 1.80. The fourth-order valence-corrected chi connectivity index (χ4v) is 3.26. The van der Waals surface area contributed by atoms with Crippen molar-refractivity contribution in [2.24, 2.45) is 5.92 Å². The maximum absolute atomic E-state index is 13.9. The Labute approximate surface area is 124 Å². The first-order chi connectivity index (χ1) is 9.56. The zero-order valence-corrected chi connectivity index (χ0v) is 13.3. The Morgan fingerprint density at radius 3 is 2.33 bits per heavy atom. The molecular formula is C13H21F2N3O2S. The summed E-state index contributed by atoms with van der Waals surface area (Å²) in [5, 5.41) is 0. The van der Waals surface area contributed by atoms with Crippen LogP contribution >= 0.6 is 0 Å². The normalized spacial score (nSPS) is 13.9. The largest absolute Gasteiger partial charge is 0.394 e. The molecule has 0 spiro atoms. The molecular weight excluding hydrogens is 300 g/mol. The van der Waals surface area contributed by atoms with Gasteiger partial charge in [0, 0.05) is 12.6 Å². The Kier molecular flexibility index (Phi) is 5.66. The molecule has 0 aromatic heterocycles. The standard InChI is InChI=1S/C13H21F2N3O2S/c1-8(2)10(7-18(3)4)17-21(19,20)11-6-5-9(14)13(16)12(11)15/h5-6,8,10,17H,7,16H2,1-4H3. The smallest absolute Gasteiger partial charge is 0.243 e. The van der Waals surface area contributed by atoms with E-state index >= 15 is 0 Å². The molecule has 1 aromatic rings. The summed E-state index contributed by atoms with van der Waals surface area (Å²) in [6, 6.07) is 1.30. The van der Waals surface area contributed by atoms with Crippen molar-refractivity contribution in [3.05, 3.63) is 23.8 Å². The molecule has 1 unspecified atom stereocenters. The second-order valence-corrected chi connectivity index (χ2v) is 7.19. The van der Waals surface area contributed by atoms with Gasteiger partial charge in [-0.25, -0.2) is 21.9 Å². The van der Waals surface area contributed by atoms with Crippen LogP contribution < -0.4 is 10.5 Å². The summed E-state index contributed by atoms with van der Waals surface area (Å²) in [6.07, 6.45) is 0. The fraction of sp³-hybridized carbons (Fsp3) is 0.538. The number of halogens is 2. The highest BCUT2D eigenvalue weighted by Crippen LogP contribution is 2.23. The Bertz CT molecular complexity index is 604. The maximum Gasteiger partial charge on any atom is 0.243 e. The average molecular weight is 321 g/mol. The second kappa shape index (κ2) is 6.67. The summed E-state index contributed by atoms with van der Waals surface area (Å²) in [7, 11) is -0.507. The highest BCUT2D eigenvalue weighted by Gasteiger charge is 2.27. The van der Waals surface area contributed by atoms with E-state index < -0.39 is 38.3 Å². The molecule has 8 heteroatoms. The molecule has 1 aromatic carbocycles. The SMILES string of the molecule is CC(C)C(CN(C)C)NS(=O)(=O)c1ccc(F)c(N)c1F. The first-order valence-electron chi connectivity index (χ1n) is 6.46. The summed E-state index contributed by atoms with van der Waals surface area (Å²) in [5.74, 6) is -2.25. The van der Waals surface area contributed by atoms with E-state index in [9.17, 15) is 17.2 Å². The zero-order valence-electron chi connectivity index (χ0n) is 12.5. The minimum atomic E-state index is -4.12. The molecule has 1 rings (SSSR count). The first kappa shape index (κ1) is 17.8. The van der Waals surface area contributed by atoms with E-state index in [2.05, 4.69) is 4.72 Å². The quantitative estimate of drug-likeness (QED) is 0.777. The van der Waals surface area contributed by atoms with Gasteiger partial charge in [-0.1, -0.05) is 13.8 Å². The molecule has 0 saturated carbocycles. The molecule has 0 aliphatic rings. The number of likely N-dealkylation sites (N-methyl/N-ethyl adjacent to an activating group) is 1. The van der Waals surface area contributed by atoms with E-state index in [1.165, 1.54) is 0 Å². The van der Waals surface area contributed by atoms with Crippen LogP contribution in [0.2, 0.25) is 0 Å². The minimum Gasteiger partial charge on any atom is -0.394 e. The van der Waals surface area contributed by atoms with Crippen LogP contribution in [-0.4, -0.2) is 40.0 Å². The van der Waals surface area contributed by atoms with E-state index in [1.54, 1.807) is 14.1 Å². The number of anilines is 1. The van der Waals surface area contributed by atoms with Gasteiger partial charge >= 0.3 is 0 Å². The molecule has 0 aliphatic carbocycles. The molecule has 0 bridgehead atoms. The van der Waals surface area contributed by atoms with Gasteiger partial charge in [-0.05, 0) is 32.1 Å². The lowest BCUT2D eigenvalue weighted by atomic mass is 10.1. The number of rotatable bonds is 6. The summed E-state index contributed by atoms with van der Waals surface area (Å²) < 4.78 is 54.0. The lowest BCUT2D eigenvalue weighted by Crippen LogP contribution is -2.45. The van der Waals surface area contributed by atoms with Crippen LogP contribution in [-0.2, 0) is 10.0 Å². The lowest BCUT2D eigenvalue weighted by Gasteiger charge is -2.25. The number of hydrogen-bond acceptors (Lipinski definition) is 4. The average Bonchev–Trinajstić information content (AvgIpc) is 2.33. The van der Waals surface area contributed by atoms with Crippen LogP contribution in [0.1, 0.15) is 13.8 Å². The van der Waals surface area contributed by atoms with E-state index in [4.69, 9.17) is 5.73 Å². The molecule has 3 N–H and O–H groups in total. The number of nitrogens with zero attached hydrogens (tertiary/aromatic N) is 1. The maximum atomic E-state index is 13.9. The monoisotopic (exact) mass is 321 g/mol. The van der Waals surface area contributed by atoms with Crippen molar-refractivity contribution in [2.45, 2.75) is 24.8 Å². The third-order valence-electron chi connectivity index (χ3n) is 3.05. The number of nitrogen functional groups attached to an aromatic ring is 1. The number of hydrogen-bond donors (Lipinski definition) is 2. The van der Waals surface area contributed by atoms with Gasteiger partial charge in [0.2, 0.25) is 10.0 Å². The van der Waals surface area contributed by atoms with Crippen molar-refractivity contribution in [1.29, 1.82) is 0 Å². The predicted octanol–water partition coefficient (Wildman–Crippen LogP) is 1.41. The van der Waals surface area contributed by atoms with Gasteiger partial charge in [-0.15, -0.1) is 0 Å². The highest BCUT2D eigenvalue weighted by atomic mass is 32.2. The highest BCUT2D eigenvalue weighted by molar-refractivity contribution is 7.89. The van der Waals surface area contributed by atoms with Gasteiger partial charge in [0.1, 0.15) is 16.4 Å². The zero-order chi connectivity index (χ0) is 16.4. The lowest BCUT2D eigenvalue weighted by molar-refractivity contribution is 0.314. The van der Waals surface area contributed by atoms with Crippen LogP contribution in [0, 0.1) is 17.6 Å². The molecule has 5 nitrogen and oxygen atoms in total. The Morgan fingerprint density at radius 2 is 1.86 bits per heavy atom. The number of nitrogens with one attached hydrogen (secondary N) is 1. The van der Waals surface area contributed by atoms with Crippen LogP contribution in [0.5, 0.6) is 0 Å². The third-order valence-corrected chi connectivity index (χ3v) is 4.56. The van der Waals surface area contributed by atoms with Crippen LogP contribution in [0.4, 0.5) is 14.5 Å². The van der Waals surface area contributed by atoms with Gasteiger partial charge in [0.25, 0.3) is 0 Å². The van der Waals surface area contributed by atoms with Crippen LogP contribution in [0.3, 0.4) is 0 Å². The van der Waals surface area contributed by atoms with Crippen molar-refractivity contribution in [2.75, 3.05) is 26.4 Å². The van der Waals surface area contributed by atoms with Gasteiger partial charge in [0.05, 0.1) is 0 Å². The Hall–Kier alpha value is -1.25. The number of sulfonamides is 1. The van der Waals surface area contributed by atoms with Crippen molar-refractivity contribution in [1.82, 2.24) is 9.62 Å². The summed E-state index contributed by atoms with van der Waals surface area (Å²) in [4.78, 5) is 1.17. The van der Waals surface area contributed by atoms with Crippen molar-refractivity contribution in [3.8, 4) is 0 Å². The van der Waals surface area contributed by atoms with Crippen LogP contribution in [0.15, 0.2) is 17.0 Å². The molecule has 0 aliphatic heterocycles. The van der Waals surface area contributed by atoms with Gasteiger partial charge < -0.3 is 10.6 Å². The first-order valence-corrected chi connectivity index (χ1v) is 7.95. The Morgan fingerprint density at radius 1 is 1.29 bits per heavy atom. The Balaban J connectivity index is 3.14. The summed E-state index contributed by atoms with van der Waals surface area (Å²) in [6.45, 7) is 4.16. The predicted molar refractivity (Wildman–Crippen MR) is 78.3 cm³/mol. The van der Waals surface area contributed by atoms with Crippen LogP contribution in [0.25, 0.3) is 0 Å². The summed E-state index contributed by atoms with van der Waals surface area (Å²) in [5.41, 5.74) is 4.40. The van der Waals surface area contributed by atoms with E-state index in [1.807, 2.05) is 18.7 Å². The molecule has 0 amide bonds. The molecule has 0 saturated heterocycles. The van der Waals surface area contributed by atoms with Gasteiger partial charge in [-0.3, -0.25) is 0 Å². The topological polar surface area (TPSA) is 75.4 Å². The number of benzene rings is 1. The third kappa shape index (κ3) is 4.36. The molecule has 120 valence electrons. The van der Waals surface area contributed by atoms with Gasteiger partial charge in [0.15, 0.2) is 5.82 Å². The number of nitrogens with two attached hydrogens (primary N) is 1. The van der Waals surface area contributed by atoms with Crippen molar-refractivity contribution in [3.63, 3.8) is 0 Å². The molecule has 0 fully saturated rings. The van der Waals surface area contributed by atoms with Crippen molar-refractivity contribution < 1.29 is 17.2 Å². The van der Waals surface area contributed by atoms with E-state index in [0.29, 0.717) is 6.54 Å². The molecule has 0 radical (unpaired) electrons. The van der Waals surface area contributed by atoms with Gasteiger partial charge in [-0.2, -0.15) is 0 Å². The molecule has 0 heterocycles. The summed E-state index contributed by atoms with van der Waals surface area (Å²) >= 11 is 0. The van der Waals surface area contributed by atoms with Crippen molar-refractivity contribution >= 4 is 15.7 Å². The second-order valence-electron chi connectivity index (χ2n) is 5.51. The molecule has 1 atom stereocenters.